The molecule has 7 nitrogen and oxygen atoms in total. The minimum absolute atomic E-state index is 0.475. The van der Waals surface area contributed by atoms with Crippen molar-refractivity contribution in [1.29, 1.82) is 0 Å². The molecule has 1 aliphatic carbocycles. The van der Waals surface area contributed by atoms with E-state index in [4.69, 9.17) is 15.7 Å². The van der Waals surface area contributed by atoms with Crippen molar-refractivity contribution in [1.82, 2.24) is 24.8 Å². The van der Waals surface area contributed by atoms with E-state index in [1.165, 1.54) is 44.0 Å². The molecule has 1 fully saturated rings. The molecule has 0 atom stereocenters. The van der Waals surface area contributed by atoms with Crippen LogP contribution in [0.3, 0.4) is 0 Å². The Morgan fingerprint density at radius 1 is 1.03 bits per heavy atom. The van der Waals surface area contributed by atoms with Crippen LogP contribution in [0, 0.1) is 0 Å². The smallest absolute Gasteiger partial charge is 0.165 e. The predicted octanol–water partition coefficient (Wildman–Crippen LogP) is 4.88. The van der Waals surface area contributed by atoms with Crippen molar-refractivity contribution < 1.29 is 0 Å². The third-order valence-corrected chi connectivity index (χ3v) is 7.00. The molecule has 33 heavy (non-hydrogen) atoms. The lowest BCUT2D eigenvalue weighted by molar-refractivity contribution is 0.301. The monoisotopic (exact) mass is 447 g/mol. The van der Waals surface area contributed by atoms with E-state index in [9.17, 15) is 0 Å². The Kier molecular flexibility index (Phi) is 7.70. The number of hydrogen-bond donors (Lipinski definition) is 1. The molecule has 0 bridgehead atoms. The zero-order chi connectivity index (χ0) is 23.2. The van der Waals surface area contributed by atoms with E-state index in [0.717, 1.165) is 55.1 Å². The third-order valence-electron chi connectivity index (χ3n) is 7.00. The fourth-order valence-electron chi connectivity index (χ4n) is 5.07. The molecular weight excluding hydrogens is 410 g/mol. The summed E-state index contributed by atoms with van der Waals surface area (Å²) in [6.07, 6.45) is 10.6. The van der Waals surface area contributed by atoms with E-state index in [0.29, 0.717) is 17.4 Å². The Bertz CT molecular complexity index is 1060. The SMILES string of the molecule is CCN(CC)CCCN(C)c1ncccc1-c1cc(C2CCCCC2)c2c(N)ncnc2n1. The van der Waals surface area contributed by atoms with Crippen LogP contribution in [-0.4, -0.2) is 58.1 Å². The quantitative estimate of drug-likeness (QED) is 0.500. The number of nitrogen functional groups attached to an aromatic ring is 1. The standard InChI is InChI=1S/C26H37N7/c1-4-33(5-2)16-10-15-32(3)26-20(13-9-14-28-26)22-17-21(19-11-7-6-8-12-19)23-24(27)29-18-30-25(23)31-22/h9,13-14,17-19H,4-8,10-12,15-16H2,1-3H3,(H2,27,29,30,31). The van der Waals surface area contributed by atoms with Gasteiger partial charge in [0.25, 0.3) is 0 Å². The molecule has 2 N–H and O–H groups in total. The van der Waals surface area contributed by atoms with Crippen molar-refractivity contribution >= 4 is 22.7 Å². The van der Waals surface area contributed by atoms with Gasteiger partial charge in [0.2, 0.25) is 0 Å². The van der Waals surface area contributed by atoms with Crippen molar-refractivity contribution in [2.75, 3.05) is 43.9 Å². The molecule has 3 aromatic heterocycles. The van der Waals surface area contributed by atoms with Gasteiger partial charge in [-0.15, -0.1) is 0 Å². The van der Waals surface area contributed by atoms with Gasteiger partial charge in [0.05, 0.1) is 11.1 Å². The topological polar surface area (TPSA) is 84.1 Å². The zero-order valence-corrected chi connectivity index (χ0v) is 20.3. The zero-order valence-electron chi connectivity index (χ0n) is 20.3. The van der Waals surface area contributed by atoms with Crippen LogP contribution in [0.25, 0.3) is 22.3 Å². The van der Waals surface area contributed by atoms with Crippen molar-refractivity contribution in [3.05, 3.63) is 36.3 Å². The van der Waals surface area contributed by atoms with Gasteiger partial charge < -0.3 is 15.5 Å². The fourth-order valence-corrected chi connectivity index (χ4v) is 5.07. The van der Waals surface area contributed by atoms with Crippen LogP contribution in [-0.2, 0) is 0 Å². The molecule has 176 valence electrons. The molecule has 7 heteroatoms. The summed E-state index contributed by atoms with van der Waals surface area (Å²) in [4.78, 5) is 23.2. The van der Waals surface area contributed by atoms with Crippen LogP contribution in [0.4, 0.5) is 11.6 Å². The van der Waals surface area contributed by atoms with Gasteiger partial charge >= 0.3 is 0 Å². The molecule has 1 aliphatic rings. The van der Waals surface area contributed by atoms with Crippen LogP contribution in [0.2, 0.25) is 0 Å². The Labute approximate surface area is 197 Å². The molecular formula is C26H37N7. The second-order valence-electron chi connectivity index (χ2n) is 9.07. The second-order valence-corrected chi connectivity index (χ2v) is 9.07. The predicted molar refractivity (Wildman–Crippen MR) is 136 cm³/mol. The summed E-state index contributed by atoms with van der Waals surface area (Å²) in [6, 6.07) is 6.33. The number of rotatable bonds is 9. The van der Waals surface area contributed by atoms with E-state index >= 15 is 0 Å². The lowest BCUT2D eigenvalue weighted by Gasteiger charge is -2.25. The van der Waals surface area contributed by atoms with Gasteiger partial charge in [0.15, 0.2) is 5.65 Å². The maximum absolute atomic E-state index is 6.32. The molecule has 0 saturated heterocycles. The van der Waals surface area contributed by atoms with E-state index < -0.39 is 0 Å². The highest BCUT2D eigenvalue weighted by Gasteiger charge is 2.23. The molecule has 1 saturated carbocycles. The first-order chi connectivity index (χ1) is 16.1. The average molecular weight is 448 g/mol. The fraction of sp³-hybridized carbons (Fsp3) is 0.538. The van der Waals surface area contributed by atoms with Gasteiger partial charge in [0.1, 0.15) is 18.0 Å². The van der Waals surface area contributed by atoms with Crippen LogP contribution >= 0.6 is 0 Å². The molecule has 3 aromatic rings. The van der Waals surface area contributed by atoms with Crippen molar-refractivity contribution in [2.45, 2.75) is 58.3 Å². The maximum Gasteiger partial charge on any atom is 0.165 e. The van der Waals surface area contributed by atoms with Gasteiger partial charge in [-0.3, -0.25) is 0 Å². The highest BCUT2D eigenvalue weighted by Crippen LogP contribution is 2.39. The van der Waals surface area contributed by atoms with Crippen molar-refractivity contribution in [2.24, 2.45) is 0 Å². The molecule has 0 aliphatic heterocycles. The van der Waals surface area contributed by atoms with E-state index in [1.54, 1.807) is 0 Å². The number of anilines is 2. The van der Waals surface area contributed by atoms with Gasteiger partial charge in [-0.05, 0) is 68.6 Å². The number of fused-ring (bicyclic) bond motifs is 1. The lowest BCUT2D eigenvalue weighted by atomic mass is 9.82. The summed E-state index contributed by atoms with van der Waals surface area (Å²) in [5.74, 6) is 1.96. The maximum atomic E-state index is 6.32. The number of aromatic nitrogens is 4. The molecule has 3 heterocycles. The number of pyridine rings is 2. The number of nitrogens with two attached hydrogens (primary N) is 1. The minimum Gasteiger partial charge on any atom is -0.383 e. The summed E-state index contributed by atoms with van der Waals surface area (Å²) in [7, 11) is 2.12. The normalized spacial score (nSPS) is 14.8. The molecule has 0 amide bonds. The van der Waals surface area contributed by atoms with Crippen LogP contribution < -0.4 is 10.6 Å². The molecule has 0 spiro atoms. The van der Waals surface area contributed by atoms with Gasteiger partial charge in [-0.1, -0.05) is 33.1 Å². The summed E-state index contributed by atoms with van der Waals surface area (Å²) in [5.41, 5.74) is 10.2. The van der Waals surface area contributed by atoms with Crippen molar-refractivity contribution in [3.63, 3.8) is 0 Å². The first-order valence-corrected chi connectivity index (χ1v) is 12.4. The van der Waals surface area contributed by atoms with Crippen LogP contribution in [0.5, 0.6) is 0 Å². The van der Waals surface area contributed by atoms with Crippen molar-refractivity contribution in [3.8, 4) is 11.3 Å². The first-order valence-electron chi connectivity index (χ1n) is 12.4. The average Bonchev–Trinajstić information content (AvgIpc) is 2.86. The Hall–Kier alpha value is -2.80. The Balaban J connectivity index is 1.69. The number of hydrogen-bond acceptors (Lipinski definition) is 7. The van der Waals surface area contributed by atoms with E-state index in [1.807, 2.05) is 12.3 Å². The Morgan fingerprint density at radius 3 is 2.58 bits per heavy atom. The minimum atomic E-state index is 0.475. The molecule has 0 radical (unpaired) electrons. The van der Waals surface area contributed by atoms with Gasteiger partial charge in [-0.25, -0.2) is 19.9 Å². The first kappa shape index (κ1) is 23.4. The van der Waals surface area contributed by atoms with E-state index in [-0.39, 0.29) is 0 Å². The number of nitrogens with zero attached hydrogens (tertiary/aromatic N) is 6. The summed E-state index contributed by atoms with van der Waals surface area (Å²) >= 11 is 0. The lowest BCUT2D eigenvalue weighted by Crippen LogP contribution is -2.28. The van der Waals surface area contributed by atoms with Gasteiger partial charge in [-0.2, -0.15) is 0 Å². The van der Waals surface area contributed by atoms with Crippen LogP contribution in [0.15, 0.2) is 30.7 Å². The highest BCUT2D eigenvalue weighted by atomic mass is 15.2. The third kappa shape index (κ3) is 5.24. The summed E-state index contributed by atoms with van der Waals surface area (Å²) in [6.45, 7) is 8.65. The van der Waals surface area contributed by atoms with E-state index in [2.05, 4.69) is 52.8 Å². The largest absolute Gasteiger partial charge is 0.383 e. The molecule has 4 rings (SSSR count). The second kappa shape index (κ2) is 10.9. The Morgan fingerprint density at radius 2 is 1.82 bits per heavy atom. The summed E-state index contributed by atoms with van der Waals surface area (Å²) in [5, 5.41) is 0.922. The highest BCUT2D eigenvalue weighted by molar-refractivity contribution is 5.91. The van der Waals surface area contributed by atoms with Crippen LogP contribution in [0.1, 0.15) is 63.9 Å². The van der Waals surface area contributed by atoms with Gasteiger partial charge in [0, 0.05) is 25.4 Å². The molecule has 0 aromatic carbocycles. The molecule has 0 unspecified atom stereocenters. The summed E-state index contributed by atoms with van der Waals surface area (Å²) < 4.78 is 0.